The molecule has 0 aliphatic carbocycles. The number of likely N-dealkylation sites (N-methyl/N-ethyl adjacent to an activating group) is 1. The molecule has 0 spiro atoms. The summed E-state index contributed by atoms with van der Waals surface area (Å²) in [5.74, 6) is 0.608. The minimum Gasteiger partial charge on any atom is -0.493 e. The van der Waals surface area contributed by atoms with Gasteiger partial charge in [0.05, 0.1) is 12.0 Å². The summed E-state index contributed by atoms with van der Waals surface area (Å²) in [6.07, 6.45) is 0.710. The number of hydrogen-bond acceptors (Lipinski definition) is 5. The van der Waals surface area contributed by atoms with E-state index in [2.05, 4.69) is 14.6 Å². The van der Waals surface area contributed by atoms with Crippen LogP contribution in [0.5, 0.6) is 5.75 Å². The highest BCUT2D eigenvalue weighted by Gasteiger charge is 2.25. The minimum absolute atomic E-state index is 0.211. The Morgan fingerprint density at radius 3 is 2.79 bits per heavy atom. The van der Waals surface area contributed by atoms with Crippen LogP contribution in [0.25, 0.3) is 0 Å². The molecule has 1 aromatic heterocycles. The zero-order valence-electron chi connectivity index (χ0n) is 14.0. The van der Waals surface area contributed by atoms with E-state index in [9.17, 15) is 8.42 Å². The van der Waals surface area contributed by atoms with Crippen LogP contribution in [0.2, 0.25) is 0 Å². The maximum absolute atomic E-state index is 12.9. The molecule has 0 saturated heterocycles. The fourth-order valence-electron chi connectivity index (χ4n) is 2.93. The molecule has 1 aliphatic heterocycles. The molecule has 0 radical (unpaired) electrons. The molecule has 6 nitrogen and oxygen atoms in total. The van der Waals surface area contributed by atoms with Gasteiger partial charge in [-0.1, -0.05) is 12.1 Å². The van der Waals surface area contributed by atoms with Gasteiger partial charge in [-0.25, -0.2) is 13.4 Å². The number of nitrogens with zero attached hydrogens (tertiary/aromatic N) is 2. The van der Waals surface area contributed by atoms with Gasteiger partial charge < -0.3 is 9.64 Å². The van der Waals surface area contributed by atoms with E-state index in [0.29, 0.717) is 22.8 Å². The second kappa shape index (κ2) is 6.41. The molecule has 0 fully saturated rings. The normalized spacial score (nSPS) is 15.0. The number of rotatable bonds is 4. The lowest BCUT2D eigenvalue weighted by atomic mass is 10.0. The van der Waals surface area contributed by atoms with Crippen molar-refractivity contribution in [1.82, 2.24) is 9.88 Å². The quantitative estimate of drug-likeness (QED) is 0.918. The Hall–Kier alpha value is -2.12. The number of aryl methyl sites for hydroxylation is 1. The maximum Gasteiger partial charge on any atom is 0.263 e. The molecule has 3 rings (SSSR count). The maximum atomic E-state index is 12.9. The monoisotopic (exact) mass is 347 g/mol. The number of hydrogen-bond donors (Lipinski definition) is 1. The standard InChI is InChI=1S/C17H21N3O3S/c1-12-7-8-15(23-3)17(18-12)19-24(21,22)16-6-4-5-13-11-20(2)10-9-14(13)16/h4-8H,9-11H2,1-3H3,(H,18,19). The molecule has 1 aliphatic rings. The summed E-state index contributed by atoms with van der Waals surface area (Å²) in [6.45, 7) is 3.40. The molecule has 1 aromatic carbocycles. The van der Waals surface area contributed by atoms with Crippen molar-refractivity contribution in [2.45, 2.75) is 24.8 Å². The first-order valence-electron chi connectivity index (χ1n) is 7.74. The molecule has 0 saturated carbocycles. The Morgan fingerprint density at radius 1 is 1.25 bits per heavy atom. The second-order valence-electron chi connectivity index (χ2n) is 5.99. The SMILES string of the molecule is COc1ccc(C)nc1NS(=O)(=O)c1cccc2c1CCN(C)C2. The van der Waals surface area contributed by atoms with Crippen LogP contribution in [0.15, 0.2) is 35.2 Å². The second-order valence-corrected chi connectivity index (χ2v) is 7.64. The van der Waals surface area contributed by atoms with Crippen LogP contribution >= 0.6 is 0 Å². The van der Waals surface area contributed by atoms with E-state index in [1.807, 2.05) is 13.1 Å². The summed E-state index contributed by atoms with van der Waals surface area (Å²) in [7, 11) is -0.211. The number of sulfonamides is 1. The Bertz CT molecular complexity index is 865. The van der Waals surface area contributed by atoms with Crippen LogP contribution in [0, 0.1) is 6.92 Å². The van der Waals surface area contributed by atoms with Gasteiger partial charge in [0.25, 0.3) is 10.0 Å². The van der Waals surface area contributed by atoms with Crippen molar-refractivity contribution in [2.75, 3.05) is 25.4 Å². The molecular weight excluding hydrogens is 326 g/mol. The largest absolute Gasteiger partial charge is 0.493 e. The van der Waals surface area contributed by atoms with E-state index in [0.717, 1.165) is 24.2 Å². The number of anilines is 1. The summed E-state index contributed by atoms with van der Waals surface area (Å²) in [5, 5.41) is 0. The number of aromatic nitrogens is 1. The third-order valence-electron chi connectivity index (χ3n) is 4.15. The average molecular weight is 347 g/mol. The van der Waals surface area contributed by atoms with Gasteiger partial charge in [0.1, 0.15) is 0 Å². The van der Waals surface area contributed by atoms with Gasteiger partial charge in [0.15, 0.2) is 11.6 Å². The summed E-state index contributed by atoms with van der Waals surface area (Å²) in [4.78, 5) is 6.75. The first-order chi connectivity index (χ1) is 11.4. The number of methoxy groups -OCH3 is 1. The molecule has 0 amide bonds. The minimum atomic E-state index is -3.73. The topological polar surface area (TPSA) is 71.5 Å². The number of benzene rings is 1. The number of ether oxygens (including phenoxy) is 1. The first-order valence-corrected chi connectivity index (χ1v) is 9.23. The lowest BCUT2D eigenvalue weighted by molar-refractivity contribution is 0.311. The van der Waals surface area contributed by atoms with E-state index in [-0.39, 0.29) is 5.82 Å². The van der Waals surface area contributed by atoms with Crippen molar-refractivity contribution >= 4 is 15.8 Å². The molecule has 2 aromatic rings. The molecule has 1 N–H and O–H groups in total. The summed E-state index contributed by atoms with van der Waals surface area (Å²) in [6, 6.07) is 8.89. The van der Waals surface area contributed by atoms with E-state index in [4.69, 9.17) is 4.74 Å². The van der Waals surface area contributed by atoms with E-state index in [1.165, 1.54) is 7.11 Å². The molecule has 0 atom stereocenters. The fourth-order valence-corrected chi connectivity index (χ4v) is 4.26. The Balaban J connectivity index is 2.01. The number of pyridine rings is 1. The van der Waals surface area contributed by atoms with Crippen molar-refractivity contribution in [3.8, 4) is 5.75 Å². The van der Waals surface area contributed by atoms with Crippen molar-refractivity contribution in [3.63, 3.8) is 0 Å². The van der Waals surface area contributed by atoms with Gasteiger partial charge in [-0.15, -0.1) is 0 Å². The molecule has 128 valence electrons. The van der Waals surface area contributed by atoms with Gasteiger partial charge in [0, 0.05) is 18.8 Å². The first kappa shape index (κ1) is 16.7. The van der Waals surface area contributed by atoms with Crippen LogP contribution in [-0.4, -0.2) is 39.0 Å². The van der Waals surface area contributed by atoms with Gasteiger partial charge in [-0.05, 0) is 49.7 Å². The Kier molecular flexibility index (Phi) is 4.47. The smallest absolute Gasteiger partial charge is 0.263 e. The summed E-state index contributed by atoms with van der Waals surface area (Å²) >= 11 is 0. The fraction of sp³-hybridized carbons (Fsp3) is 0.353. The van der Waals surface area contributed by atoms with E-state index >= 15 is 0 Å². The molecule has 0 bridgehead atoms. The zero-order valence-corrected chi connectivity index (χ0v) is 14.9. The predicted molar refractivity (Wildman–Crippen MR) is 92.8 cm³/mol. The van der Waals surface area contributed by atoms with Crippen molar-refractivity contribution < 1.29 is 13.2 Å². The van der Waals surface area contributed by atoms with Crippen LogP contribution in [-0.2, 0) is 23.0 Å². The summed E-state index contributed by atoms with van der Waals surface area (Å²) < 4.78 is 33.6. The zero-order chi connectivity index (χ0) is 17.3. The van der Waals surface area contributed by atoms with Crippen molar-refractivity contribution in [1.29, 1.82) is 0 Å². The highest BCUT2D eigenvalue weighted by Crippen LogP contribution is 2.29. The van der Waals surface area contributed by atoms with Gasteiger partial charge in [-0.2, -0.15) is 0 Å². The lowest BCUT2D eigenvalue weighted by Gasteiger charge is -2.26. The third-order valence-corrected chi connectivity index (χ3v) is 5.58. The number of fused-ring (bicyclic) bond motifs is 1. The number of nitrogens with one attached hydrogen (secondary N) is 1. The van der Waals surface area contributed by atoms with Crippen molar-refractivity contribution in [2.24, 2.45) is 0 Å². The third kappa shape index (κ3) is 3.22. The lowest BCUT2D eigenvalue weighted by Crippen LogP contribution is -2.28. The van der Waals surface area contributed by atoms with Gasteiger partial charge in [0.2, 0.25) is 0 Å². The van der Waals surface area contributed by atoms with Crippen LogP contribution in [0.4, 0.5) is 5.82 Å². The van der Waals surface area contributed by atoms with Crippen LogP contribution in [0.1, 0.15) is 16.8 Å². The Labute approximate surface area is 142 Å². The Morgan fingerprint density at radius 2 is 2.04 bits per heavy atom. The molecule has 24 heavy (non-hydrogen) atoms. The van der Waals surface area contributed by atoms with E-state index in [1.54, 1.807) is 31.2 Å². The van der Waals surface area contributed by atoms with Gasteiger partial charge in [-0.3, -0.25) is 4.72 Å². The summed E-state index contributed by atoms with van der Waals surface area (Å²) in [5.41, 5.74) is 2.65. The predicted octanol–water partition coefficient (Wildman–Crippen LogP) is 2.19. The molecule has 0 unspecified atom stereocenters. The molecule has 7 heteroatoms. The molecular formula is C17H21N3O3S. The average Bonchev–Trinajstić information content (AvgIpc) is 2.54. The van der Waals surface area contributed by atoms with Crippen LogP contribution < -0.4 is 9.46 Å². The molecule has 2 heterocycles. The van der Waals surface area contributed by atoms with Gasteiger partial charge >= 0.3 is 0 Å². The van der Waals surface area contributed by atoms with Crippen LogP contribution in [0.3, 0.4) is 0 Å². The highest BCUT2D eigenvalue weighted by molar-refractivity contribution is 7.92. The van der Waals surface area contributed by atoms with E-state index < -0.39 is 10.0 Å². The van der Waals surface area contributed by atoms with Crippen molar-refractivity contribution in [3.05, 3.63) is 47.2 Å². The highest BCUT2D eigenvalue weighted by atomic mass is 32.2.